The lowest BCUT2D eigenvalue weighted by Gasteiger charge is -2.56. The highest BCUT2D eigenvalue weighted by molar-refractivity contribution is 7.92. The summed E-state index contributed by atoms with van der Waals surface area (Å²) in [4.78, 5) is 13.6. The quantitative estimate of drug-likeness (QED) is 0.701. The molecule has 0 unspecified atom stereocenters. The fraction of sp³-hybridized carbons (Fsp3) is 0.412. The SMILES string of the molecule is O=C1CN(c2c(O)ccc(-c3cc(N4CC5(CCC5)C4)n[nH]3)c2F)S(=O)(=O)N1. The third kappa shape index (κ3) is 2.45. The summed E-state index contributed by atoms with van der Waals surface area (Å²) in [6, 6.07) is 4.24. The number of anilines is 2. The molecular weight excluding hydrogens is 389 g/mol. The number of amides is 1. The van der Waals surface area contributed by atoms with Crippen LogP contribution in [0.2, 0.25) is 0 Å². The van der Waals surface area contributed by atoms with Gasteiger partial charge in [-0.05, 0) is 25.0 Å². The van der Waals surface area contributed by atoms with Crippen molar-refractivity contribution in [1.82, 2.24) is 14.9 Å². The van der Waals surface area contributed by atoms with Crippen LogP contribution in [0, 0.1) is 11.2 Å². The van der Waals surface area contributed by atoms with Crippen LogP contribution in [0.25, 0.3) is 11.3 Å². The molecule has 1 aromatic heterocycles. The topological polar surface area (TPSA) is 119 Å². The maximum atomic E-state index is 15.2. The van der Waals surface area contributed by atoms with E-state index >= 15 is 4.39 Å². The van der Waals surface area contributed by atoms with Crippen molar-refractivity contribution in [3.05, 3.63) is 24.0 Å². The maximum Gasteiger partial charge on any atom is 0.326 e. The van der Waals surface area contributed by atoms with E-state index < -0.39 is 39.9 Å². The van der Waals surface area contributed by atoms with Crippen LogP contribution in [0.1, 0.15) is 19.3 Å². The number of halogens is 1. The van der Waals surface area contributed by atoms with Crippen LogP contribution in [0.3, 0.4) is 0 Å². The summed E-state index contributed by atoms with van der Waals surface area (Å²) in [6.07, 6.45) is 3.72. The molecule has 3 fully saturated rings. The molecule has 2 aromatic rings. The molecule has 1 saturated carbocycles. The van der Waals surface area contributed by atoms with Gasteiger partial charge < -0.3 is 10.0 Å². The third-order valence-corrected chi connectivity index (χ3v) is 7.19. The third-order valence-electron chi connectivity index (χ3n) is 5.81. The van der Waals surface area contributed by atoms with Crippen LogP contribution < -0.4 is 13.9 Å². The van der Waals surface area contributed by atoms with E-state index in [-0.39, 0.29) is 5.56 Å². The van der Waals surface area contributed by atoms with E-state index in [2.05, 4.69) is 15.1 Å². The smallest absolute Gasteiger partial charge is 0.326 e. The second-order valence-electron chi connectivity index (χ2n) is 7.68. The minimum Gasteiger partial charge on any atom is -0.506 e. The molecule has 11 heteroatoms. The molecule has 1 aliphatic carbocycles. The van der Waals surface area contributed by atoms with E-state index in [9.17, 15) is 18.3 Å². The molecule has 148 valence electrons. The zero-order chi connectivity index (χ0) is 19.7. The Balaban J connectivity index is 1.48. The van der Waals surface area contributed by atoms with E-state index in [1.165, 1.54) is 31.4 Å². The molecule has 0 radical (unpaired) electrons. The van der Waals surface area contributed by atoms with Gasteiger partial charge in [-0.2, -0.15) is 13.5 Å². The minimum atomic E-state index is -4.25. The number of phenolic OH excluding ortho intramolecular Hbond substituents is 1. The normalized spacial score (nSPS) is 22.1. The molecule has 3 N–H and O–H groups in total. The van der Waals surface area contributed by atoms with E-state index in [4.69, 9.17) is 0 Å². The van der Waals surface area contributed by atoms with E-state index in [0.717, 1.165) is 13.1 Å². The van der Waals surface area contributed by atoms with E-state index in [1.54, 1.807) is 10.8 Å². The van der Waals surface area contributed by atoms with Crippen molar-refractivity contribution in [1.29, 1.82) is 0 Å². The Morgan fingerprint density at radius 2 is 2.00 bits per heavy atom. The van der Waals surface area contributed by atoms with Crippen molar-refractivity contribution >= 4 is 27.6 Å². The first kappa shape index (κ1) is 17.3. The summed E-state index contributed by atoms with van der Waals surface area (Å²) in [5.41, 5.74) is 0.267. The minimum absolute atomic E-state index is 0.0555. The van der Waals surface area contributed by atoms with Gasteiger partial charge in [0.15, 0.2) is 11.6 Å². The number of hydrogen-bond donors (Lipinski definition) is 3. The molecule has 2 aliphatic heterocycles. The Morgan fingerprint density at radius 3 is 2.61 bits per heavy atom. The second kappa shape index (κ2) is 5.60. The van der Waals surface area contributed by atoms with Gasteiger partial charge in [0.05, 0.1) is 5.69 Å². The summed E-state index contributed by atoms with van der Waals surface area (Å²) < 4.78 is 41.6. The zero-order valence-corrected chi connectivity index (χ0v) is 15.6. The Morgan fingerprint density at radius 1 is 1.25 bits per heavy atom. The van der Waals surface area contributed by atoms with Crippen molar-refractivity contribution < 1.29 is 22.7 Å². The average Bonchev–Trinajstić information content (AvgIpc) is 3.09. The number of phenols is 1. The van der Waals surface area contributed by atoms with Crippen molar-refractivity contribution in [2.75, 3.05) is 28.8 Å². The summed E-state index contributed by atoms with van der Waals surface area (Å²) in [5.74, 6) is -1.62. The van der Waals surface area contributed by atoms with Gasteiger partial charge in [0.25, 0.3) is 5.91 Å². The van der Waals surface area contributed by atoms with Gasteiger partial charge in [0.2, 0.25) is 0 Å². The van der Waals surface area contributed by atoms with Gasteiger partial charge in [0, 0.05) is 30.1 Å². The fourth-order valence-electron chi connectivity index (χ4n) is 4.18. The molecule has 1 aromatic carbocycles. The number of benzene rings is 1. The summed E-state index contributed by atoms with van der Waals surface area (Å²) in [6.45, 7) is 1.27. The van der Waals surface area contributed by atoms with Gasteiger partial charge in [-0.1, -0.05) is 6.42 Å². The van der Waals surface area contributed by atoms with Crippen LogP contribution in [-0.4, -0.2) is 49.3 Å². The molecule has 1 amide bonds. The lowest BCUT2D eigenvalue weighted by molar-refractivity contribution is -0.117. The molecule has 9 nitrogen and oxygen atoms in total. The summed E-state index contributed by atoms with van der Waals surface area (Å²) in [7, 11) is -4.25. The molecule has 3 aliphatic rings. The largest absolute Gasteiger partial charge is 0.506 e. The number of rotatable bonds is 3. The number of aromatic hydroxyl groups is 1. The number of nitrogens with one attached hydrogen (secondary N) is 2. The lowest BCUT2D eigenvalue weighted by Crippen LogP contribution is -2.60. The predicted molar refractivity (Wildman–Crippen MR) is 98.6 cm³/mol. The second-order valence-corrected chi connectivity index (χ2v) is 9.28. The summed E-state index contributed by atoms with van der Waals surface area (Å²) >= 11 is 0. The molecule has 0 bridgehead atoms. The Labute approximate surface area is 160 Å². The number of aromatic amines is 1. The first-order valence-electron chi connectivity index (χ1n) is 8.94. The van der Waals surface area contributed by atoms with Crippen molar-refractivity contribution in [3.8, 4) is 17.0 Å². The number of H-pyrrole nitrogens is 1. The van der Waals surface area contributed by atoms with Crippen molar-refractivity contribution in [2.24, 2.45) is 5.41 Å². The lowest BCUT2D eigenvalue weighted by atomic mass is 9.63. The molecule has 3 heterocycles. The van der Waals surface area contributed by atoms with Crippen molar-refractivity contribution in [3.63, 3.8) is 0 Å². The van der Waals surface area contributed by atoms with E-state index in [1.807, 2.05) is 0 Å². The molecule has 1 spiro atoms. The standard InChI is InChI=1S/C17H18FN5O4S/c18-15-10(2-3-12(24)16(15)23-7-14(25)21-28(23,26)27)11-6-13(20-19-11)22-8-17(9-22)4-1-5-17/h2-3,6,24H,1,4-5,7-9H2,(H,19,20)(H,21,25). The molecule has 2 saturated heterocycles. The van der Waals surface area contributed by atoms with Gasteiger partial charge >= 0.3 is 10.2 Å². The fourth-order valence-corrected chi connectivity index (χ4v) is 5.34. The first-order chi connectivity index (χ1) is 13.3. The molecule has 0 atom stereocenters. The number of carbonyl (C=O) groups excluding carboxylic acids is 1. The maximum absolute atomic E-state index is 15.2. The van der Waals surface area contributed by atoms with Crippen molar-refractivity contribution in [2.45, 2.75) is 19.3 Å². The van der Waals surface area contributed by atoms with Gasteiger partial charge in [0.1, 0.15) is 18.0 Å². The number of hydrogen-bond acceptors (Lipinski definition) is 6. The summed E-state index contributed by atoms with van der Waals surface area (Å²) in [5, 5.41) is 17.1. The monoisotopic (exact) mass is 407 g/mol. The van der Waals surface area contributed by atoms with Crippen LogP contribution in [0.15, 0.2) is 18.2 Å². The first-order valence-corrected chi connectivity index (χ1v) is 10.4. The zero-order valence-electron chi connectivity index (χ0n) is 14.8. The van der Waals surface area contributed by atoms with Gasteiger partial charge in [-0.3, -0.25) is 9.89 Å². The van der Waals surface area contributed by atoms with Crippen LogP contribution in [0.4, 0.5) is 15.9 Å². The number of carbonyl (C=O) groups is 1. The van der Waals surface area contributed by atoms with E-state index in [0.29, 0.717) is 21.2 Å². The number of aromatic nitrogens is 2. The average molecular weight is 407 g/mol. The van der Waals surface area contributed by atoms with Crippen LogP contribution >= 0.6 is 0 Å². The molecular formula is C17H18FN5O4S. The molecule has 5 rings (SSSR count). The highest BCUT2D eigenvalue weighted by atomic mass is 32.2. The highest BCUT2D eigenvalue weighted by Gasteiger charge is 2.48. The van der Waals surface area contributed by atoms with Crippen LogP contribution in [-0.2, 0) is 15.0 Å². The highest BCUT2D eigenvalue weighted by Crippen LogP contribution is 2.49. The Bertz CT molecular complexity index is 1090. The van der Waals surface area contributed by atoms with Gasteiger partial charge in [-0.15, -0.1) is 0 Å². The Kier molecular flexibility index (Phi) is 3.46. The number of nitrogens with zero attached hydrogens (tertiary/aromatic N) is 3. The van der Waals surface area contributed by atoms with Crippen LogP contribution in [0.5, 0.6) is 5.75 Å². The van der Waals surface area contributed by atoms with Gasteiger partial charge in [-0.25, -0.2) is 13.4 Å². The Hall–Kier alpha value is -2.82. The predicted octanol–water partition coefficient (Wildman–Crippen LogP) is 1.09. The molecule has 28 heavy (non-hydrogen) atoms.